The van der Waals surface area contributed by atoms with Crippen molar-refractivity contribution in [1.82, 2.24) is 0 Å². The zero-order valence-corrected chi connectivity index (χ0v) is 44.0. The molecule has 0 bridgehead atoms. The Morgan fingerprint density at radius 3 is 1.50 bits per heavy atom. The molecule has 2 unspecified atom stereocenters. The van der Waals surface area contributed by atoms with Crippen LogP contribution in [0.2, 0.25) is 0 Å². The third-order valence-corrected chi connectivity index (χ3v) is 17.6. The van der Waals surface area contributed by atoms with E-state index in [1.54, 1.807) is 0 Å². The molecule has 0 nitrogen and oxygen atoms in total. The van der Waals surface area contributed by atoms with E-state index in [0.717, 1.165) is 6.42 Å². The molecule has 2 atom stereocenters. The number of rotatable bonds is 10. The van der Waals surface area contributed by atoms with Crippen molar-refractivity contribution in [3.05, 3.63) is 264 Å². The molecule has 2 heteroatoms. The highest BCUT2D eigenvalue weighted by Crippen LogP contribution is 2.65. The Morgan fingerprint density at radius 1 is 0.486 bits per heavy atom. The zero-order chi connectivity index (χ0) is 49.6. The van der Waals surface area contributed by atoms with Crippen LogP contribution in [0.1, 0.15) is 59.6 Å². The summed E-state index contributed by atoms with van der Waals surface area (Å²) < 4.78 is 0. The first-order valence-electron chi connectivity index (χ1n) is 25.3. The summed E-state index contributed by atoms with van der Waals surface area (Å²) in [5, 5.41) is 10.1. The van der Waals surface area contributed by atoms with E-state index < -0.39 is 10.0 Å². The molecule has 1 aliphatic rings. The van der Waals surface area contributed by atoms with Crippen molar-refractivity contribution in [3.63, 3.8) is 0 Å². The topological polar surface area (TPSA) is 0 Å². The summed E-state index contributed by atoms with van der Waals surface area (Å²) in [6, 6.07) is 86.8. The molecule has 12 rings (SSSR count). The van der Waals surface area contributed by atoms with Crippen molar-refractivity contribution in [2.75, 3.05) is 25.0 Å². The minimum absolute atomic E-state index is 0.0976. The Kier molecular flexibility index (Phi) is 12.7. The van der Waals surface area contributed by atoms with E-state index in [0.29, 0.717) is 5.92 Å². The fraction of sp³-hybridized carbons (Fsp3) is 0.129. The number of hydrogen-bond donors (Lipinski definition) is 0. The quantitative estimate of drug-likeness (QED) is 0.0728. The van der Waals surface area contributed by atoms with Crippen LogP contribution in [0.15, 0.2) is 240 Å². The molecule has 0 amide bonds. The van der Waals surface area contributed by atoms with Gasteiger partial charge in [0.05, 0.1) is 0 Å². The lowest BCUT2D eigenvalue weighted by molar-refractivity contribution is 0.804. The average Bonchev–Trinajstić information content (AvgIpc) is 4.19. The van der Waals surface area contributed by atoms with Crippen LogP contribution in [0.25, 0.3) is 77.0 Å². The monoisotopic (exact) mass is 966 g/mol. The number of fused-ring (bicyclic) bond motifs is 4. The smallest absolute Gasteiger partial charge is 0.0278 e. The predicted octanol–water partition coefficient (Wildman–Crippen LogP) is 19.5. The molecular formula is C70H62S2. The van der Waals surface area contributed by atoms with Crippen LogP contribution in [-0.2, 0) is 5.41 Å². The minimum atomic E-state index is -1.10. The second kappa shape index (κ2) is 19.4. The van der Waals surface area contributed by atoms with Gasteiger partial charge in [-0.2, -0.15) is 10.5 Å². The first-order chi connectivity index (χ1) is 35.2. The molecule has 0 aliphatic heterocycles. The van der Waals surface area contributed by atoms with Gasteiger partial charge in [-0.05, 0) is 189 Å². The molecule has 0 saturated heterocycles. The second-order valence-electron chi connectivity index (χ2n) is 20.0. The molecule has 0 aromatic heterocycles. The molecule has 0 heterocycles. The van der Waals surface area contributed by atoms with Gasteiger partial charge < -0.3 is 0 Å². The van der Waals surface area contributed by atoms with Crippen LogP contribution < -0.4 is 0 Å². The standard InChI is InChI=1S/C68H56S2.C2H6/c1-69(2)54-34-36-58-63(43-54)67(62-42-51(41-50-27-19-21-33-57(50)62)65-45-68(65,52-28-14-8-15-29-52)53-30-16-9-17-31-53)59-37-35-55(70(3,4)5)44-64(59)66(58)61-40-46(38-49-26-18-20-32-56(49)61)39-60(47-22-10-6-11-23-47)48-24-12-7-13-25-48;1-2/h6-44,65H,1,45H2,2-5H3;1-2H3. The van der Waals surface area contributed by atoms with Gasteiger partial charge in [0, 0.05) is 10.3 Å². The molecule has 354 valence electrons. The molecule has 1 fully saturated rings. The van der Waals surface area contributed by atoms with E-state index in [4.69, 9.17) is 0 Å². The lowest BCUT2D eigenvalue weighted by Crippen LogP contribution is -2.11. The van der Waals surface area contributed by atoms with Gasteiger partial charge in [-0.3, -0.25) is 0 Å². The normalized spacial score (nSPS) is 14.7. The van der Waals surface area contributed by atoms with Crippen LogP contribution in [0.5, 0.6) is 0 Å². The Hall–Kier alpha value is -7.23. The minimum Gasteiger partial charge on any atom is -0.223 e. The third kappa shape index (κ3) is 8.51. The van der Waals surface area contributed by atoms with Crippen molar-refractivity contribution >= 4 is 81.1 Å². The summed E-state index contributed by atoms with van der Waals surface area (Å²) >= 11 is 0. The Morgan fingerprint density at radius 2 is 0.958 bits per heavy atom. The summed E-state index contributed by atoms with van der Waals surface area (Å²) in [5.41, 5.74) is 14.0. The molecule has 11 aromatic rings. The van der Waals surface area contributed by atoms with Crippen molar-refractivity contribution in [1.29, 1.82) is 0 Å². The summed E-state index contributed by atoms with van der Waals surface area (Å²) in [5.74, 6) is 4.95. The largest absolute Gasteiger partial charge is 0.223 e. The first-order valence-corrected chi connectivity index (χ1v) is 30.0. The summed E-state index contributed by atoms with van der Waals surface area (Å²) in [6.45, 7) is 4.00. The van der Waals surface area contributed by atoms with Crippen LogP contribution in [0.4, 0.5) is 0 Å². The van der Waals surface area contributed by atoms with Crippen LogP contribution in [0.3, 0.4) is 0 Å². The molecular weight excluding hydrogens is 905 g/mol. The maximum absolute atomic E-state index is 4.62. The SMILES string of the molecule is C=S(C)c1ccc2c(-c3cc(C=C(c4ccccc4)c4ccccc4)cc4ccccc34)c3cc(S(C)(C)C)ccc3c(-c3cc(C4CC4(c4ccccc4)c4ccccc4)cc4ccccc34)c2c1.CC. The Labute approximate surface area is 431 Å². The number of benzene rings is 11. The maximum atomic E-state index is 4.62. The molecule has 0 spiro atoms. The predicted molar refractivity (Wildman–Crippen MR) is 322 cm³/mol. The Bertz CT molecular complexity index is 3760. The highest BCUT2D eigenvalue weighted by molar-refractivity contribution is 8.32. The van der Waals surface area contributed by atoms with Gasteiger partial charge in [0.1, 0.15) is 0 Å². The van der Waals surface area contributed by atoms with E-state index >= 15 is 0 Å². The van der Waals surface area contributed by atoms with Gasteiger partial charge >= 0.3 is 0 Å². The van der Waals surface area contributed by atoms with Gasteiger partial charge in [-0.1, -0.05) is 214 Å². The molecule has 0 radical (unpaired) electrons. The fourth-order valence-electron chi connectivity index (χ4n) is 11.4. The van der Waals surface area contributed by atoms with Crippen LogP contribution >= 0.6 is 20.5 Å². The molecule has 1 aliphatic carbocycles. The molecule has 72 heavy (non-hydrogen) atoms. The van der Waals surface area contributed by atoms with E-state index in [9.17, 15) is 0 Å². The van der Waals surface area contributed by atoms with E-state index in [2.05, 4.69) is 267 Å². The maximum Gasteiger partial charge on any atom is 0.0278 e. The van der Waals surface area contributed by atoms with Crippen molar-refractivity contribution < 1.29 is 0 Å². The summed E-state index contributed by atoms with van der Waals surface area (Å²) in [7, 11) is -1.30. The molecule has 11 aromatic carbocycles. The second-order valence-corrected chi connectivity index (χ2v) is 25.9. The van der Waals surface area contributed by atoms with Gasteiger partial charge in [0.15, 0.2) is 0 Å². The van der Waals surface area contributed by atoms with E-state index in [-0.39, 0.29) is 15.9 Å². The molecule has 0 N–H and O–H groups in total. The van der Waals surface area contributed by atoms with E-state index in [1.807, 2.05) is 13.8 Å². The summed E-state index contributed by atoms with van der Waals surface area (Å²) in [6.07, 6.45) is 13.0. The van der Waals surface area contributed by atoms with E-state index in [1.165, 1.54) is 114 Å². The van der Waals surface area contributed by atoms with Crippen molar-refractivity contribution in [2.45, 2.75) is 41.4 Å². The highest BCUT2D eigenvalue weighted by atomic mass is 32.3. The van der Waals surface area contributed by atoms with Crippen molar-refractivity contribution in [2.24, 2.45) is 0 Å². The van der Waals surface area contributed by atoms with Gasteiger partial charge in [0.2, 0.25) is 0 Å². The average molecular weight is 967 g/mol. The van der Waals surface area contributed by atoms with Crippen LogP contribution in [-0.4, -0.2) is 30.9 Å². The zero-order valence-electron chi connectivity index (χ0n) is 42.3. The van der Waals surface area contributed by atoms with Gasteiger partial charge in [0.25, 0.3) is 0 Å². The number of hydrogen-bond acceptors (Lipinski definition) is 0. The summed E-state index contributed by atoms with van der Waals surface area (Å²) in [4.78, 5) is 2.67. The fourth-order valence-corrected chi connectivity index (χ4v) is 13.0. The lowest BCUT2D eigenvalue weighted by atomic mass is 9.81. The van der Waals surface area contributed by atoms with Gasteiger partial charge in [-0.15, -0.1) is 0 Å². The Balaban J connectivity index is 0.00000277. The van der Waals surface area contributed by atoms with Crippen molar-refractivity contribution in [3.8, 4) is 22.3 Å². The first kappa shape index (κ1) is 47.1. The lowest BCUT2D eigenvalue weighted by Gasteiger charge is -2.28. The van der Waals surface area contributed by atoms with Gasteiger partial charge in [-0.25, -0.2) is 10.0 Å². The molecule has 1 saturated carbocycles. The van der Waals surface area contributed by atoms with Crippen LogP contribution in [0, 0.1) is 0 Å². The highest BCUT2D eigenvalue weighted by Gasteiger charge is 2.57. The third-order valence-electron chi connectivity index (χ3n) is 14.9.